The molecule has 0 radical (unpaired) electrons. The number of ketones is 1. The standard InChI is InChI=1S/C13H18N2O/c1-9(14)11-5-6-15-12(7-11)8-13(16)10-3-2-4-10/h5-7,9-10H,2-4,8,14H2,1H3. The largest absolute Gasteiger partial charge is 0.324 e. The molecule has 2 rings (SSSR count). The highest BCUT2D eigenvalue weighted by Gasteiger charge is 2.25. The molecule has 1 fully saturated rings. The average molecular weight is 218 g/mol. The summed E-state index contributed by atoms with van der Waals surface area (Å²) in [5.74, 6) is 0.626. The third-order valence-corrected chi connectivity index (χ3v) is 3.28. The van der Waals surface area contributed by atoms with Crippen molar-refractivity contribution in [1.29, 1.82) is 0 Å². The van der Waals surface area contributed by atoms with Crippen LogP contribution in [0.5, 0.6) is 0 Å². The molecule has 3 nitrogen and oxygen atoms in total. The number of pyridine rings is 1. The zero-order valence-corrected chi connectivity index (χ0v) is 9.65. The first-order valence-electron chi connectivity index (χ1n) is 5.90. The summed E-state index contributed by atoms with van der Waals surface area (Å²) in [6.45, 7) is 1.94. The highest BCUT2D eigenvalue weighted by molar-refractivity contribution is 5.83. The van der Waals surface area contributed by atoms with E-state index in [1.165, 1.54) is 6.42 Å². The maximum absolute atomic E-state index is 11.8. The van der Waals surface area contributed by atoms with E-state index < -0.39 is 0 Å². The van der Waals surface area contributed by atoms with Crippen molar-refractivity contribution >= 4 is 5.78 Å². The molecule has 1 atom stereocenters. The van der Waals surface area contributed by atoms with Crippen LogP contribution in [-0.4, -0.2) is 10.8 Å². The van der Waals surface area contributed by atoms with Crippen molar-refractivity contribution in [3.05, 3.63) is 29.6 Å². The Labute approximate surface area is 96.1 Å². The van der Waals surface area contributed by atoms with Crippen LogP contribution in [0.25, 0.3) is 0 Å². The van der Waals surface area contributed by atoms with Crippen molar-refractivity contribution < 1.29 is 4.79 Å². The lowest BCUT2D eigenvalue weighted by molar-refractivity contribution is -0.124. The van der Waals surface area contributed by atoms with Crippen LogP contribution in [0.3, 0.4) is 0 Å². The van der Waals surface area contributed by atoms with E-state index in [1.54, 1.807) is 6.20 Å². The molecule has 0 amide bonds. The Morgan fingerprint density at radius 2 is 2.38 bits per heavy atom. The maximum Gasteiger partial charge on any atom is 0.141 e. The maximum atomic E-state index is 11.8. The van der Waals surface area contributed by atoms with E-state index in [4.69, 9.17) is 5.73 Å². The minimum Gasteiger partial charge on any atom is -0.324 e. The molecule has 0 bridgehead atoms. The molecule has 0 aromatic carbocycles. The molecule has 0 spiro atoms. The first-order chi connectivity index (χ1) is 7.66. The number of hydrogen-bond acceptors (Lipinski definition) is 3. The van der Waals surface area contributed by atoms with Crippen molar-refractivity contribution in [3.8, 4) is 0 Å². The summed E-state index contributed by atoms with van der Waals surface area (Å²) >= 11 is 0. The Kier molecular flexibility index (Phi) is 3.34. The van der Waals surface area contributed by atoms with Gasteiger partial charge < -0.3 is 5.73 Å². The molecule has 3 heteroatoms. The monoisotopic (exact) mass is 218 g/mol. The number of nitrogens with two attached hydrogens (primary N) is 1. The SMILES string of the molecule is CC(N)c1ccnc(CC(=O)C2CCC2)c1. The number of carbonyl (C=O) groups excluding carboxylic acids is 1. The number of aromatic nitrogens is 1. The molecule has 1 saturated carbocycles. The van der Waals surface area contributed by atoms with Crippen LogP contribution in [0.1, 0.15) is 43.5 Å². The smallest absolute Gasteiger partial charge is 0.141 e. The van der Waals surface area contributed by atoms with Gasteiger partial charge in [0.1, 0.15) is 5.78 Å². The summed E-state index contributed by atoms with van der Waals surface area (Å²) in [5, 5.41) is 0. The lowest BCUT2D eigenvalue weighted by Gasteiger charge is -2.23. The number of Topliss-reactive ketones (excluding diaryl/α,β-unsaturated/α-hetero) is 1. The van der Waals surface area contributed by atoms with E-state index in [9.17, 15) is 4.79 Å². The molecule has 1 aromatic heterocycles. The van der Waals surface area contributed by atoms with Crippen LogP contribution < -0.4 is 5.73 Å². The molecule has 16 heavy (non-hydrogen) atoms. The zero-order valence-electron chi connectivity index (χ0n) is 9.65. The molecule has 1 aliphatic carbocycles. The fourth-order valence-electron chi connectivity index (χ4n) is 1.93. The van der Waals surface area contributed by atoms with E-state index in [0.29, 0.717) is 18.1 Å². The van der Waals surface area contributed by atoms with Gasteiger partial charge >= 0.3 is 0 Å². The normalized spacial score (nSPS) is 17.9. The molecule has 86 valence electrons. The van der Waals surface area contributed by atoms with E-state index >= 15 is 0 Å². The van der Waals surface area contributed by atoms with E-state index in [-0.39, 0.29) is 6.04 Å². The molecule has 1 aliphatic rings. The van der Waals surface area contributed by atoms with Gasteiger partial charge in [-0.25, -0.2) is 0 Å². The van der Waals surface area contributed by atoms with E-state index in [0.717, 1.165) is 24.1 Å². The van der Waals surface area contributed by atoms with Crippen molar-refractivity contribution in [3.63, 3.8) is 0 Å². The summed E-state index contributed by atoms with van der Waals surface area (Å²) in [7, 11) is 0. The molecule has 1 aromatic rings. The molecule has 0 aliphatic heterocycles. The van der Waals surface area contributed by atoms with Crippen LogP contribution >= 0.6 is 0 Å². The van der Waals surface area contributed by atoms with Crippen LogP contribution in [0, 0.1) is 5.92 Å². The molecule has 1 unspecified atom stereocenters. The van der Waals surface area contributed by atoms with Gasteiger partial charge in [0.25, 0.3) is 0 Å². The molecule has 1 heterocycles. The van der Waals surface area contributed by atoms with Crippen molar-refractivity contribution in [2.75, 3.05) is 0 Å². The lowest BCUT2D eigenvalue weighted by atomic mass is 9.81. The lowest BCUT2D eigenvalue weighted by Crippen LogP contribution is -2.23. The number of hydrogen-bond donors (Lipinski definition) is 1. The third-order valence-electron chi connectivity index (χ3n) is 3.28. The number of rotatable bonds is 4. The Hall–Kier alpha value is -1.22. The van der Waals surface area contributed by atoms with Gasteiger partial charge in [-0.3, -0.25) is 9.78 Å². The van der Waals surface area contributed by atoms with Crippen LogP contribution in [0.4, 0.5) is 0 Å². The van der Waals surface area contributed by atoms with Crippen LogP contribution in [-0.2, 0) is 11.2 Å². The second-order valence-corrected chi connectivity index (χ2v) is 4.64. The number of carbonyl (C=O) groups is 1. The summed E-state index contributed by atoms with van der Waals surface area (Å²) in [6, 6.07) is 3.85. The molecular weight excluding hydrogens is 200 g/mol. The summed E-state index contributed by atoms with van der Waals surface area (Å²) < 4.78 is 0. The Morgan fingerprint density at radius 3 is 2.94 bits per heavy atom. The fraction of sp³-hybridized carbons (Fsp3) is 0.538. The summed E-state index contributed by atoms with van der Waals surface area (Å²) in [6.07, 6.45) is 5.52. The Balaban J connectivity index is 2.03. The summed E-state index contributed by atoms with van der Waals surface area (Å²) in [4.78, 5) is 16.0. The van der Waals surface area contributed by atoms with Gasteiger partial charge in [-0.1, -0.05) is 6.42 Å². The second kappa shape index (κ2) is 4.74. The highest BCUT2D eigenvalue weighted by Crippen LogP contribution is 2.28. The molecule has 0 saturated heterocycles. The average Bonchev–Trinajstić information content (AvgIpc) is 2.15. The topological polar surface area (TPSA) is 56.0 Å². The van der Waals surface area contributed by atoms with Gasteiger partial charge in [0.2, 0.25) is 0 Å². The summed E-state index contributed by atoms with van der Waals surface area (Å²) in [5.41, 5.74) is 7.70. The van der Waals surface area contributed by atoms with Crippen molar-refractivity contribution in [1.82, 2.24) is 4.98 Å². The van der Waals surface area contributed by atoms with Gasteiger partial charge in [-0.05, 0) is 37.5 Å². The van der Waals surface area contributed by atoms with E-state index in [1.807, 2.05) is 19.1 Å². The first kappa shape index (κ1) is 11.3. The second-order valence-electron chi connectivity index (χ2n) is 4.64. The van der Waals surface area contributed by atoms with Gasteiger partial charge in [-0.2, -0.15) is 0 Å². The van der Waals surface area contributed by atoms with Gasteiger partial charge in [0.15, 0.2) is 0 Å². The fourth-order valence-corrected chi connectivity index (χ4v) is 1.93. The van der Waals surface area contributed by atoms with Gasteiger partial charge in [0.05, 0.1) is 0 Å². The van der Waals surface area contributed by atoms with Gasteiger partial charge in [-0.15, -0.1) is 0 Å². The quantitative estimate of drug-likeness (QED) is 0.841. The molecule has 2 N–H and O–H groups in total. The predicted molar refractivity (Wildman–Crippen MR) is 62.9 cm³/mol. The van der Waals surface area contributed by atoms with E-state index in [2.05, 4.69) is 4.98 Å². The number of nitrogens with zero attached hydrogens (tertiary/aromatic N) is 1. The minimum absolute atomic E-state index is 0.000514. The predicted octanol–water partition coefficient (Wildman–Crippen LogP) is 2.01. The van der Waals surface area contributed by atoms with Crippen molar-refractivity contribution in [2.45, 2.75) is 38.6 Å². The first-order valence-corrected chi connectivity index (χ1v) is 5.90. The van der Waals surface area contributed by atoms with Gasteiger partial charge in [0, 0.05) is 30.3 Å². The van der Waals surface area contributed by atoms with Crippen molar-refractivity contribution in [2.24, 2.45) is 11.7 Å². The third kappa shape index (κ3) is 2.47. The van der Waals surface area contributed by atoms with Crippen LogP contribution in [0.2, 0.25) is 0 Å². The Morgan fingerprint density at radius 1 is 1.62 bits per heavy atom. The van der Waals surface area contributed by atoms with Crippen LogP contribution in [0.15, 0.2) is 18.3 Å². The minimum atomic E-state index is 0.000514. The molecular formula is C13H18N2O. The highest BCUT2D eigenvalue weighted by atomic mass is 16.1. The zero-order chi connectivity index (χ0) is 11.5. The Bertz CT molecular complexity index is 383.